The third-order valence-electron chi connectivity index (χ3n) is 3.50. The fraction of sp³-hybridized carbons (Fsp3) is 0.929. The molecule has 1 aliphatic heterocycles. The van der Waals surface area contributed by atoms with E-state index in [1.54, 1.807) is 0 Å². The number of nitrogens with one attached hydrogen (secondary N) is 1. The minimum atomic E-state index is -0.0354. The lowest BCUT2D eigenvalue weighted by molar-refractivity contribution is -0.132. The summed E-state index contributed by atoms with van der Waals surface area (Å²) in [5.41, 5.74) is 0. The van der Waals surface area contributed by atoms with E-state index >= 15 is 0 Å². The maximum atomic E-state index is 12.3. The first-order valence-corrected chi connectivity index (χ1v) is 7.09. The van der Waals surface area contributed by atoms with Crippen LogP contribution in [0.5, 0.6) is 0 Å². The fourth-order valence-electron chi connectivity index (χ4n) is 2.81. The summed E-state index contributed by atoms with van der Waals surface area (Å²) in [6.07, 6.45) is 2.24. The SMILES string of the molecule is CCC1NC(C)C(=O)N1C(CC(C)C)CN(C)C. The highest BCUT2D eigenvalue weighted by Gasteiger charge is 2.39. The molecule has 106 valence electrons. The molecule has 0 radical (unpaired) electrons. The van der Waals surface area contributed by atoms with E-state index in [0.29, 0.717) is 12.0 Å². The third-order valence-corrected chi connectivity index (χ3v) is 3.50. The average Bonchev–Trinajstić information content (AvgIpc) is 2.52. The predicted molar refractivity (Wildman–Crippen MR) is 75.3 cm³/mol. The molecule has 1 N–H and O–H groups in total. The van der Waals surface area contributed by atoms with Crippen molar-refractivity contribution in [1.29, 1.82) is 0 Å². The molecule has 4 heteroatoms. The zero-order chi connectivity index (χ0) is 13.9. The molecule has 3 atom stereocenters. The first-order valence-electron chi connectivity index (χ1n) is 7.09. The predicted octanol–water partition coefficient (Wildman–Crippen LogP) is 1.52. The van der Waals surface area contributed by atoms with Crippen molar-refractivity contribution in [3.8, 4) is 0 Å². The van der Waals surface area contributed by atoms with Gasteiger partial charge in [-0.25, -0.2) is 0 Å². The average molecular weight is 255 g/mol. The highest BCUT2D eigenvalue weighted by Crippen LogP contribution is 2.21. The van der Waals surface area contributed by atoms with Crippen molar-refractivity contribution in [3.05, 3.63) is 0 Å². The van der Waals surface area contributed by atoms with Crippen LogP contribution in [-0.4, -0.2) is 54.6 Å². The Morgan fingerprint density at radius 1 is 1.39 bits per heavy atom. The van der Waals surface area contributed by atoms with Crippen LogP contribution in [0.2, 0.25) is 0 Å². The Balaban J connectivity index is 2.84. The van der Waals surface area contributed by atoms with Gasteiger partial charge in [-0.15, -0.1) is 0 Å². The molecule has 4 nitrogen and oxygen atoms in total. The van der Waals surface area contributed by atoms with Crippen molar-refractivity contribution in [2.75, 3.05) is 20.6 Å². The van der Waals surface area contributed by atoms with E-state index in [2.05, 4.69) is 50.0 Å². The van der Waals surface area contributed by atoms with Crippen LogP contribution >= 0.6 is 0 Å². The second-order valence-corrected chi connectivity index (χ2v) is 6.10. The smallest absolute Gasteiger partial charge is 0.241 e. The van der Waals surface area contributed by atoms with E-state index in [1.807, 2.05) is 6.92 Å². The number of hydrogen-bond donors (Lipinski definition) is 1. The lowest BCUT2D eigenvalue weighted by Gasteiger charge is -2.35. The molecule has 0 aromatic carbocycles. The van der Waals surface area contributed by atoms with E-state index in [1.165, 1.54) is 0 Å². The molecule has 3 unspecified atom stereocenters. The van der Waals surface area contributed by atoms with Crippen molar-refractivity contribution >= 4 is 5.91 Å². The van der Waals surface area contributed by atoms with Gasteiger partial charge in [0.05, 0.1) is 12.2 Å². The van der Waals surface area contributed by atoms with Crippen LogP contribution in [0.25, 0.3) is 0 Å². The molecule has 1 rings (SSSR count). The molecule has 1 aliphatic rings. The Labute approximate surface area is 112 Å². The number of rotatable bonds is 6. The van der Waals surface area contributed by atoms with Crippen LogP contribution in [-0.2, 0) is 4.79 Å². The Hall–Kier alpha value is -0.610. The van der Waals surface area contributed by atoms with Gasteiger partial charge in [-0.05, 0) is 39.8 Å². The summed E-state index contributed by atoms with van der Waals surface area (Å²) >= 11 is 0. The minimum Gasteiger partial charge on any atom is -0.322 e. The fourth-order valence-corrected chi connectivity index (χ4v) is 2.81. The molecule has 0 aromatic heterocycles. The highest BCUT2D eigenvalue weighted by molar-refractivity contribution is 5.84. The number of nitrogens with zero attached hydrogens (tertiary/aromatic N) is 2. The summed E-state index contributed by atoms with van der Waals surface area (Å²) < 4.78 is 0. The second kappa shape index (κ2) is 6.53. The molecule has 0 saturated carbocycles. The molecule has 0 aromatic rings. The van der Waals surface area contributed by atoms with Crippen molar-refractivity contribution in [3.63, 3.8) is 0 Å². The molecule has 1 saturated heterocycles. The first kappa shape index (κ1) is 15.4. The number of carbonyl (C=O) groups is 1. The number of hydrogen-bond acceptors (Lipinski definition) is 3. The summed E-state index contributed by atoms with van der Waals surface area (Å²) in [4.78, 5) is 16.6. The van der Waals surface area contributed by atoms with Crippen molar-refractivity contribution in [2.45, 2.75) is 58.8 Å². The summed E-state index contributed by atoms with van der Waals surface area (Å²) in [6.45, 7) is 9.49. The van der Waals surface area contributed by atoms with Gasteiger partial charge in [-0.1, -0.05) is 20.8 Å². The van der Waals surface area contributed by atoms with Gasteiger partial charge in [0.1, 0.15) is 0 Å². The monoisotopic (exact) mass is 255 g/mol. The molecule has 0 aliphatic carbocycles. The van der Waals surface area contributed by atoms with Gasteiger partial charge in [0.15, 0.2) is 0 Å². The zero-order valence-corrected chi connectivity index (χ0v) is 12.7. The van der Waals surface area contributed by atoms with E-state index in [0.717, 1.165) is 19.4 Å². The third kappa shape index (κ3) is 3.69. The normalized spacial score (nSPS) is 26.4. The van der Waals surface area contributed by atoms with Crippen LogP contribution < -0.4 is 5.32 Å². The maximum absolute atomic E-state index is 12.3. The van der Waals surface area contributed by atoms with Gasteiger partial charge in [0.25, 0.3) is 0 Å². The second-order valence-electron chi connectivity index (χ2n) is 6.10. The minimum absolute atomic E-state index is 0.0354. The largest absolute Gasteiger partial charge is 0.322 e. The summed E-state index contributed by atoms with van der Waals surface area (Å²) in [5.74, 6) is 0.866. The Kier molecular flexibility index (Phi) is 5.60. The quantitative estimate of drug-likeness (QED) is 0.781. The Morgan fingerprint density at radius 2 is 2.00 bits per heavy atom. The summed E-state index contributed by atoms with van der Waals surface area (Å²) in [5, 5.41) is 3.39. The van der Waals surface area contributed by atoms with Crippen LogP contribution in [0.15, 0.2) is 0 Å². The van der Waals surface area contributed by atoms with E-state index in [9.17, 15) is 4.79 Å². The van der Waals surface area contributed by atoms with E-state index < -0.39 is 0 Å². The van der Waals surface area contributed by atoms with E-state index in [-0.39, 0.29) is 18.1 Å². The molecule has 1 fully saturated rings. The van der Waals surface area contributed by atoms with Crippen LogP contribution in [0, 0.1) is 5.92 Å². The van der Waals surface area contributed by atoms with Gasteiger partial charge >= 0.3 is 0 Å². The molecule has 1 amide bonds. The summed E-state index contributed by atoms with van der Waals surface area (Å²) in [7, 11) is 4.15. The van der Waals surface area contributed by atoms with Crippen LogP contribution in [0.1, 0.15) is 40.5 Å². The lowest BCUT2D eigenvalue weighted by Crippen LogP contribution is -2.49. The van der Waals surface area contributed by atoms with Gasteiger partial charge in [0.2, 0.25) is 5.91 Å². The first-order chi connectivity index (χ1) is 8.36. The highest BCUT2D eigenvalue weighted by atomic mass is 16.2. The van der Waals surface area contributed by atoms with Crippen molar-refractivity contribution < 1.29 is 4.79 Å². The zero-order valence-electron chi connectivity index (χ0n) is 12.7. The molecule has 0 bridgehead atoms. The molecular formula is C14H29N3O. The van der Waals surface area contributed by atoms with Crippen LogP contribution in [0.3, 0.4) is 0 Å². The molecular weight excluding hydrogens is 226 g/mol. The van der Waals surface area contributed by atoms with Crippen molar-refractivity contribution in [1.82, 2.24) is 15.1 Å². The van der Waals surface area contributed by atoms with Gasteiger partial charge in [0, 0.05) is 12.6 Å². The van der Waals surface area contributed by atoms with Crippen molar-refractivity contribution in [2.24, 2.45) is 5.92 Å². The molecule has 1 heterocycles. The number of amides is 1. The molecule has 0 spiro atoms. The maximum Gasteiger partial charge on any atom is 0.241 e. The van der Waals surface area contributed by atoms with E-state index in [4.69, 9.17) is 0 Å². The topological polar surface area (TPSA) is 35.6 Å². The Bertz CT molecular complexity index is 268. The number of likely N-dealkylation sites (N-methyl/N-ethyl adjacent to an activating group) is 1. The van der Waals surface area contributed by atoms with Gasteiger partial charge in [-0.2, -0.15) is 0 Å². The number of carbonyl (C=O) groups excluding carboxylic acids is 1. The van der Waals surface area contributed by atoms with Crippen LogP contribution in [0.4, 0.5) is 0 Å². The van der Waals surface area contributed by atoms with Gasteiger partial charge < -0.3 is 9.80 Å². The standard InChI is InChI=1S/C14H29N3O/c1-7-13-15-11(4)14(18)17(13)12(8-10(2)3)9-16(5)6/h10-13,15H,7-9H2,1-6H3. The van der Waals surface area contributed by atoms with Gasteiger partial charge in [-0.3, -0.25) is 10.1 Å². The molecule has 18 heavy (non-hydrogen) atoms. The Morgan fingerprint density at radius 3 is 2.44 bits per heavy atom. The lowest BCUT2D eigenvalue weighted by atomic mass is 10.0. The summed E-state index contributed by atoms with van der Waals surface area (Å²) in [6, 6.07) is 0.279.